The molecule has 0 spiro atoms. The summed E-state index contributed by atoms with van der Waals surface area (Å²) < 4.78 is 7.81. The molecule has 0 N–H and O–H groups in total. The Labute approximate surface area is 133 Å². The fraction of sp³-hybridized carbons (Fsp3) is 0.529. The van der Waals surface area contributed by atoms with Gasteiger partial charge < -0.3 is 4.74 Å². The highest BCUT2D eigenvalue weighted by molar-refractivity contribution is 6.76. The predicted octanol–water partition coefficient (Wildman–Crippen LogP) is 4.26. The Morgan fingerprint density at radius 1 is 1.36 bits per heavy atom. The van der Waals surface area contributed by atoms with E-state index >= 15 is 0 Å². The highest BCUT2D eigenvalue weighted by atomic mass is 28.3. The summed E-state index contributed by atoms with van der Waals surface area (Å²) in [4.78, 5) is 4.62. The summed E-state index contributed by atoms with van der Waals surface area (Å²) in [5.74, 6) is 0.605. The second-order valence-corrected chi connectivity index (χ2v) is 13.0. The molecule has 1 aliphatic carbocycles. The van der Waals surface area contributed by atoms with Crippen molar-refractivity contribution in [3.05, 3.63) is 30.2 Å². The van der Waals surface area contributed by atoms with E-state index in [9.17, 15) is 0 Å². The number of fused-ring (bicyclic) bond motifs is 1. The van der Waals surface area contributed by atoms with Gasteiger partial charge >= 0.3 is 0 Å². The van der Waals surface area contributed by atoms with Crippen molar-refractivity contribution in [2.24, 2.45) is 0 Å². The SMILES string of the molecule is C=Cc1c(C2CC2)ncc2cnn(COCC[Si](C)(C)C)c12. The van der Waals surface area contributed by atoms with E-state index in [-0.39, 0.29) is 0 Å². The first-order chi connectivity index (χ1) is 10.5. The van der Waals surface area contributed by atoms with Crippen LogP contribution in [0.25, 0.3) is 17.0 Å². The van der Waals surface area contributed by atoms with Crippen LogP contribution in [0.3, 0.4) is 0 Å². The molecule has 4 nitrogen and oxygen atoms in total. The standard InChI is InChI=1S/C17H25N3OSi/c1-5-15-16(13-6-7-13)18-10-14-11-19-20(17(14)15)12-21-8-9-22(2,3)4/h5,10-11,13H,1,6-9,12H2,2-4H3. The molecule has 0 bridgehead atoms. The molecule has 0 saturated heterocycles. The summed E-state index contributed by atoms with van der Waals surface area (Å²) in [6.07, 6.45) is 8.19. The van der Waals surface area contributed by atoms with Crippen molar-refractivity contribution in [1.82, 2.24) is 14.8 Å². The molecular formula is C17H25N3OSi. The van der Waals surface area contributed by atoms with Crippen molar-refractivity contribution in [2.45, 2.75) is 51.2 Å². The zero-order valence-corrected chi connectivity index (χ0v) is 14.8. The molecule has 2 heterocycles. The van der Waals surface area contributed by atoms with Crippen LogP contribution in [-0.4, -0.2) is 29.4 Å². The zero-order valence-electron chi connectivity index (χ0n) is 13.8. The van der Waals surface area contributed by atoms with Gasteiger partial charge in [-0.2, -0.15) is 5.10 Å². The van der Waals surface area contributed by atoms with Crippen molar-refractivity contribution in [3.63, 3.8) is 0 Å². The minimum atomic E-state index is -1.05. The van der Waals surface area contributed by atoms with Crippen LogP contribution in [0.2, 0.25) is 25.7 Å². The molecule has 0 amide bonds. The Morgan fingerprint density at radius 2 is 2.14 bits per heavy atom. The Bertz CT molecular complexity index is 683. The van der Waals surface area contributed by atoms with Gasteiger partial charge in [-0.1, -0.05) is 32.3 Å². The van der Waals surface area contributed by atoms with Crippen molar-refractivity contribution in [3.8, 4) is 0 Å². The number of rotatable bonds is 7. The van der Waals surface area contributed by atoms with Crippen molar-refractivity contribution in [1.29, 1.82) is 0 Å². The minimum Gasteiger partial charge on any atom is -0.360 e. The van der Waals surface area contributed by atoms with Crippen LogP contribution in [-0.2, 0) is 11.5 Å². The van der Waals surface area contributed by atoms with Gasteiger partial charge in [-0.15, -0.1) is 0 Å². The monoisotopic (exact) mass is 315 g/mol. The number of pyridine rings is 1. The van der Waals surface area contributed by atoms with Crippen LogP contribution in [0, 0.1) is 0 Å². The molecule has 118 valence electrons. The molecule has 0 atom stereocenters. The molecule has 0 radical (unpaired) electrons. The number of ether oxygens (including phenoxy) is 1. The highest BCUT2D eigenvalue weighted by Crippen LogP contribution is 2.42. The summed E-state index contributed by atoms with van der Waals surface area (Å²) in [6, 6.07) is 1.18. The molecule has 1 fully saturated rings. The number of nitrogens with zero attached hydrogens (tertiary/aromatic N) is 3. The fourth-order valence-corrected chi connectivity index (χ4v) is 3.39. The Morgan fingerprint density at radius 3 is 2.77 bits per heavy atom. The third kappa shape index (κ3) is 3.30. The van der Waals surface area contributed by atoms with Gasteiger partial charge in [-0.05, 0) is 18.9 Å². The number of aromatic nitrogens is 3. The molecule has 0 aromatic carbocycles. The molecule has 0 unspecified atom stereocenters. The first-order valence-corrected chi connectivity index (χ1v) is 11.7. The zero-order chi connectivity index (χ0) is 15.7. The van der Waals surface area contributed by atoms with E-state index < -0.39 is 8.07 Å². The molecule has 2 aromatic rings. The largest absolute Gasteiger partial charge is 0.360 e. The van der Waals surface area contributed by atoms with E-state index in [1.165, 1.54) is 24.6 Å². The minimum absolute atomic E-state index is 0.503. The average Bonchev–Trinajstić information content (AvgIpc) is 3.22. The molecule has 22 heavy (non-hydrogen) atoms. The van der Waals surface area contributed by atoms with Crippen LogP contribution < -0.4 is 0 Å². The molecule has 1 saturated carbocycles. The maximum Gasteiger partial charge on any atom is 0.140 e. The van der Waals surface area contributed by atoms with Crippen LogP contribution in [0.4, 0.5) is 0 Å². The van der Waals surface area contributed by atoms with E-state index in [0.29, 0.717) is 12.6 Å². The average molecular weight is 315 g/mol. The quantitative estimate of drug-likeness (QED) is 0.566. The van der Waals surface area contributed by atoms with Gasteiger partial charge in [0.1, 0.15) is 6.73 Å². The van der Waals surface area contributed by atoms with E-state index in [1.54, 1.807) is 0 Å². The predicted molar refractivity (Wildman–Crippen MR) is 93.7 cm³/mol. The Balaban J connectivity index is 1.81. The molecule has 3 rings (SSSR count). The third-order valence-electron chi connectivity index (χ3n) is 4.12. The first kappa shape index (κ1) is 15.4. The lowest BCUT2D eigenvalue weighted by Gasteiger charge is -2.15. The fourth-order valence-electron chi connectivity index (χ4n) is 2.63. The van der Waals surface area contributed by atoms with Crippen LogP contribution in [0.15, 0.2) is 19.0 Å². The summed E-state index contributed by atoms with van der Waals surface area (Å²) in [5.41, 5.74) is 3.41. The number of hydrogen-bond donors (Lipinski definition) is 0. The number of hydrogen-bond acceptors (Lipinski definition) is 3. The van der Waals surface area contributed by atoms with Gasteiger partial charge in [0.05, 0.1) is 17.4 Å². The van der Waals surface area contributed by atoms with Gasteiger partial charge in [-0.25, -0.2) is 4.68 Å². The summed E-state index contributed by atoms with van der Waals surface area (Å²) in [6.45, 7) is 12.4. The second-order valence-electron chi connectivity index (χ2n) is 7.33. The van der Waals surface area contributed by atoms with Crippen molar-refractivity contribution >= 4 is 25.1 Å². The van der Waals surface area contributed by atoms with E-state index in [1.807, 2.05) is 23.2 Å². The van der Waals surface area contributed by atoms with Crippen LogP contribution in [0.5, 0.6) is 0 Å². The Kier molecular flexibility index (Phi) is 4.19. The summed E-state index contributed by atoms with van der Waals surface area (Å²) in [5, 5.41) is 5.54. The maximum atomic E-state index is 5.86. The smallest absolute Gasteiger partial charge is 0.140 e. The van der Waals surface area contributed by atoms with Crippen molar-refractivity contribution in [2.75, 3.05) is 6.61 Å². The van der Waals surface area contributed by atoms with Gasteiger partial charge in [0.2, 0.25) is 0 Å². The second kappa shape index (κ2) is 5.97. The van der Waals surface area contributed by atoms with E-state index in [0.717, 1.165) is 23.1 Å². The molecule has 1 aliphatic rings. The Hall–Kier alpha value is -1.46. The highest BCUT2D eigenvalue weighted by Gasteiger charge is 2.28. The van der Waals surface area contributed by atoms with Gasteiger partial charge in [0.15, 0.2) is 0 Å². The summed E-state index contributed by atoms with van der Waals surface area (Å²) in [7, 11) is -1.05. The van der Waals surface area contributed by atoms with Gasteiger partial charge in [-0.3, -0.25) is 4.98 Å². The molecule has 5 heteroatoms. The lowest BCUT2D eigenvalue weighted by molar-refractivity contribution is 0.0816. The normalized spacial score (nSPS) is 15.4. The lowest BCUT2D eigenvalue weighted by Crippen LogP contribution is -2.22. The van der Waals surface area contributed by atoms with Gasteiger partial charge in [0.25, 0.3) is 0 Å². The van der Waals surface area contributed by atoms with Gasteiger partial charge in [0, 0.05) is 37.7 Å². The molecule has 0 aliphatic heterocycles. The lowest BCUT2D eigenvalue weighted by atomic mass is 10.1. The summed E-state index contributed by atoms with van der Waals surface area (Å²) >= 11 is 0. The van der Waals surface area contributed by atoms with E-state index in [2.05, 4.69) is 36.3 Å². The molecule has 2 aromatic heterocycles. The van der Waals surface area contributed by atoms with Crippen LogP contribution in [0.1, 0.15) is 30.0 Å². The topological polar surface area (TPSA) is 39.9 Å². The van der Waals surface area contributed by atoms with Crippen LogP contribution >= 0.6 is 0 Å². The van der Waals surface area contributed by atoms with E-state index in [4.69, 9.17) is 4.74 Å². The van der Waals surface area contributed by atoms with Crippen molar-refractivity contribution < 1.29 is 4.74 Å². The maximum absolute atomic E-state index is 5.86. The third-order valence-corrected chi connectivity index (χ3v) is 5.82. The molecular weight excluding hydrogens is 290 g/mol. The first-order valence-electron chi connectivity index (χ1n) is 8.04.